The second-order valence-corrected chi connectivity index (χ2v) is 7.26. The number of rotatable bonds is 7. The third-order valence-electron chi connectivity index (χ3n) is 3.26. The second kappa shape index (κ2) is 6.84. The highest BCUT2D eigenvalue weighted by Gasteiger charge is 2.20. The van der Waals surface area contributed by atoms with Gasteiger partial charge in [-0.05, 0) is 18.4 Å². The summed E-state index contributed by atoms with van der Waals surface area (Å²) in [5.41, 5.74) is 7.99. The fraction of sp³-hybridized carbons (Fsp3) is 0.615. The number of hydrogen-bond acceptors (Lipinski definition) is 6. The van der Waals surface area contributed by atoms with E-state index in [2.05, 4.69) is 10.2 Å². The third kappa shape index (κ3) is 4.38. The minimum atomic E-state index is -3.06. The number of aromatic nitrogens is 2. The van der Waals surface area contributed by atoms with Gasteiger partial charge in [-0.3, -0.25) is 5.41 Å². The maximum Gasteiger partial charge on any atom is 0.162 e. The van der Waals surface area contributed by atoms with Crippen LogP contribution < -0.4 is 10.6 Å². The normalized spacial score (nSPS) is 11.4. The van der Waals surface area contributed by atoms with Crippen molar-refractivity contribution < 1.29 is 8.42 Å². The van der Waals surface area contributed by atoms with Crippen molar-refractivity contribution >= 4 is 21.5 Å². The van der Waals surface area contributed by atoms with Crippen molar-refractivity contribution in [3.8, 4) is 0 Å². The van der Waals surface area contributed by atoms with Gasteiger partial charge in [-0.1, -0.05) is 13.8 Å². The van der Waals surface area contributed by atoms with E-state index in [4.69, 9.17) is 11.1 Å². The van der Waals surface area contributed by atoms with Crippen LogP contribution in [0, 0.1) is 5.41 Å². The van der Waals surface area contributed by atoms with Crippen LogP contribution in [-0.2, 0) is 22.7 Å². The number of nitrogens with zero attached hydrogens (tertiary/aromatic N) is 3. The Hall–Kier alpha value is -1.70. The van der Waals surface area contributed by atoms with E-state index >= 15 is 0 Å². The molecule has 21 heavy (non-hydrogen) atoms. The van der Waals surface area contributed by atoms with E-state index in [1.54, 1.807) is 11.9 Å². The number of aryl methyl sites for hydroxylation is 1. The van der Waals surface area contributed by atoms with Crippen molar-refractivity contribution in [3.63, 3.8) is 0 Å². The SMILES string of the molecule is CCc1nnc(N(C)CCS(C)(=O)=O)c(C(=N)N)c1CC. The van der Waals surface area contributed by atoms with Gasteiger partial charge in [0.05, 0.1) is 17.0 Å². The molecule has 0 aromatic carbocycles. The van der Waals surface area contributed by atoms with Gasteiger partial charge in [0.2, 0.25) is 0 Å². The Kier molecular flexibility index (Phi) is 5.65. The first-order valence-corrected chi connectivity index (χ1v) is 8.89. The van der Waals surface area contributed by atoms with Crippen LogP contribution >= 0.6 is 0 Å². The maximum absolute atomic E-state index is 11.3. The molecular weight excluding hydrogens is 290 g/mol. The highest BCUT2D eigenvalue weighted by Crippen LogP contribution is 2.22. The molecule has 7 nitrogen and oxygen atoms in total. The van der Waals surface area contributed by atoms with Gasteiger partial charge in [-0.25, -0.2) is 8.42 Å². The number of amidine groups is 1. The van der Waals surface area contributed by atoms with Crippen LogP contribution in [-0.4, -0.2) is 50.1 Å². The Bertz CT molecular complexity index is 628. The molecule has 0 amide bonds. The first kappa shape index (κ1) is 17.4. The lowest BCUT2D eigenvalue weighted by atomic mass is 10.0. The fourth-order valence-electron chi connectivity index (χ4n) is 2.12. The van der Waals surface area contributed by atoms with Crippen molar-refractivity contribution in [3.05, 3.63) is 16.8 Å². The summed E-state index contributed by atoms with van der Waals surface area (Å²) in [6, 6.07) is 0. The van der Waals surface area contributed by atoms with Gasteiger partial charge in [-0.15, -0.1) is 5.10 Å². The summed E-state index contributed by atoms with van der Waals surface area (Å²) in [7, 11) is -1.33. The molecule has 0 saturated heterocycles. The van der Waals surface area contributed by atoms with Gasteiger partial charge >= 0.3 is 0 Å². The van der Waals surface area contributed by atoms with Crippen LogP contribution in [0.4, 0.5) is 5.82 Å². The van der Waals surface area contributed by atoms with Crippen molar-refractivity contribution in [2.75, 3.05) is 30.5 Å². The molecule has 0 fully saturated rings. The molecule has 0 unspecified atom stereocenters. The van der Waals surface area contributed by atoms with Crippen molar-refractivity contribution in [2.24, 2.45) is 5.73 Å². The summed E-state index contributed by atoms with van der Waals surface area (Å²) < 4.78 is 22.6. The molecule has 3 N–H and O–H groups in total. The Balaban J connectivity index is 3.26. The first-order valence-electron chi connectivity index (χ1n) is 6.82. The topological polar surface area (TPSA) is 113 Å². The van der Waals surface area contributed by atoms with E-state index < -0.39 is 9.84 Å². The Morgan fingerprint density at radius 3 is 2.33 bits per heavy atom. The lowest BCUT2D eigenvalue weighted by molar-refractivity contribution is 0.601. The number of nitrogen functional groups attached to an aromatic ring is 1. The number of sulfone groups is 1. The Morgan fingerprint density at radius 1 is 1.29 bits per heavy atom. The van der Waals surface area contributed by atoms with Gasteiger partial charge < -0.3 is 10.6 Å². The van der Waals surface area contributed by atoms with Gasteiger partial charge in [0, 0.05) is 19.8 Å². The van der Waals surface area contributed by atoms with E-state index in [9.17, 15) is 8.42 Å². The average Bonchev–Trinajstić information content (AvgIpc) is 2.41. The van der Waals surface area contributed by atoms with Gasteiger partial charge in [0.25, 0.3) is 0 Å². The lowest BCUT2D eigenvalue weighted by Crippen LogP contribution is -2.30. The van der Waals surface area contributed by atoms with E-state index in [1.165, 1.54) is 6.26 Å². The zero-order valence-corrected chi connectivity index (χ0v) is 13.8. The molecule has 0 bridgehead atoms. The molecule has 0 radical (unpaired) electrons. The van der Waals surface area contributed by atoms with Gasteiger partial charge in [-0.2, -0.15) is 5.10 Å². The minimum absolute atomic E-state index is 0.0134. The van der Waals surface area contributed by atoms with E-state index in [1.807, 2.05) is 13.8 Å². The summed E-state index contributed by atoms with van der Waals surface area (Å²) in [6.45, 7) is 4.23. The summed E-state index contributed by atoms with van der Waals surface area (Å²) in [4.78, 5) is 1.68. The molecule has 0 spiro atoms. The second-order valence-electron chi connectivity index (χ2n) is 5.00. The predicted octanol–water partition coefficient (Wildman–Crippen LogP) is 0.366. The van der Waals surface area contributed by atoms with Crippen molar-refractivity contribution in [1.82, 2.24) is 10.2 Å². The van der Waals surface area contributed by atoms with Crippen LogP contribution in [0.2, 0.25) is 0 Å². The Labute approximate surface area is 126 Å². The van der Waals surface area contributed by atoms with Gasteiger partial charge in [0.15, 0.2) is 5.82 Å². The molecular formula is C13H23N5O2S. The highest BCUT2D eigenvalue weighted by atomic mass is 32.2. The zero-order valence-electron chi connectivity index (χ0n) is 13.0. The molecule has 0 saturated carbocycles. The molecule has 8 heteroatoms. The summed E-state index contributed by atoms with van der Waals surface area (Å²) in [5.74, 6) is 0.400. The van der Waals surface area contributed by atoms with Gasteiger partial charge in [0.1, 0.15) is 15.7 Å². The molecule has 1 aromatic heterocycles. The number of hydrogen-bond donors (Lipinski definition) is 2. The molecule has 118 valence electrons. The smallest absolute Gasteiger partial charge is 0.162 e. The molecule has 0 aliphatic heterocycles. The summed E-state index contributed by atoms with van der Waals surface area (Å²) in [5, 5.41) is 16.1. The highest BCUT2D eigenvalue weighted by molar-refractivity contribution is 7.90. The largest absolute Gasteiger partial charge is 0.384 e. The maximum atomic E-state index is 11.3. The van der Waals surface area contributed by atoms with Crippen LogP contribution in [0.25, 0.3) is 0 Å². The fourth-order valence-corrected chi connectivity index (χ4v) is 2.73. The van der Waals surface area contributed by atoms with Crippen LogP contribution in [0.15, 0.2) is 0 Å². The zero-order chi connectivity index (χ0) is 16.2. The van der Waals surface area contributed by atoms with Crippen LogP contribution in [0.3, 0.4) is 0 Å². The molecule has 0 atom stereocenters. The van der Waals surface area contributed by atoms with E-state index in [-0.39, 0.29) is 18.1 Å². The van der Waals surface area contributed by atoms with E-state index in [0.717, 1.165) is 11.3 Å². The number of nitrogens with one attached hydrogen (secondary N) is 1. The molecule has 0 aliphatic rings. The van der Waals surface area contributed by atoms with Crippen LogP contribution in [0.1, 0.15) is 30.7 Å². The average molecular weight is 313 g/mol. The summed E-state index contributed by atoms with van der Waals surface area (Å²) >= 11 is 0. The number of anilines is 1. The number of nitrogens with two attached hydrogens (primary N) is 1. The molecule has 1 rings (SSSR count). The van der Waals surface area contributed by atoms with Crippen molar-refractivity contribution in [1.29, 1.82) is 5.41 Å². The van der Waals surface area contributed by atoms with Crippen LogP contribution in [0.5, 0.6) is 0 Å². The first-order chi connectivity index (χ1) is 9.71. The summed E-state index contributed by atoms with van der Waals surface area (Å²) in [6.07, 6.45) is 2.60. The molecule has 1 aromatic rings. The van der Waals surface area contributed by atoms with Crippen molar-refractivity contribution in [2.45, 2.75) is 26.7 Å². The molecule has 0 aliphatic carbocycles. The lowest BCUT2D eigenvalue weighted by Gasteiger charge is -2.22. The van der Waals surface area contributed by atoms with E-state index in [0.29, 0.717) is 24.2 Å². The monoisotopic (exact) mass is 313 g/mol. The quantitative estimate of drug-likeness (QED) is 0.555. The minimum Gasteiger partial charge on any atom is -0.384 e. The molecule has 1 heterocycles. The predicted molar refractivity (Wildman–Crippen MR) is 84.8 cm³/mol. The third-order valence-corrected chi connectivity index (χ3v) is 4.18. The standard InChI is InChI=1S/C13H23N5O2S/c1-5-9-10(6-2)16-17-13(11(9)12(14)15)18(3)7-8-21(4,19)20/h5-8H2,1-4H3,(H3,14,15). The Morgan fingerprint density at radius 2 is 1.90 bits per heavy atom.